The molecule has 26 heavy (non-hydrogen) atoms. The molecule has 0 spiro atoms. The van der Waals surface area contributed by atoms with Crippen LogP contribution in [-0.4, -0.2) is 32.7 Å². The zero-order valence-corrected chi connectivity index (χ0v) is 14.0. The van der Waals surface area contributed by atoms with Crippen molar-refractivity contribution in [3.8, 4) is 17.1 Å². The van der Waals surface area contributed by atoms with Crippen molar-refractivity contribution in [2.75, 3.05) is 6.61 Å². The van der Waals surface area contributed by atoms with E-state index in [1.54, 1.807) is 19.1 Å². The van der Waals surface area contributed by atoms with Gasteiger partial charge < -0.3 is 19.7 Å². The number of carbonyl (C=O) groups excluding carboxylic acids is 1. The maximum absolute atomic E-state index is 12.5. The number of aliphatic hydroxyl groups is 1. The van der Waals surface area contributed by atoms with Crippen LogP contribution in [0.15, 0.2) is 41.1 Å². The Morgan fingerprint density at radius 2 is 2.23 bits per heavy atom. The lowest BCUT2D eigenvalue weighted by Crippen LogP contribution is -2.29. The molecule has 4 rings (SSSR count). The largest absolute Gasteiger partial charge is 0.491 e. The molecular weight excluding hydrogens is 336 g/mol. The van der Waals surface area contributed by atoms with Crippen LogP contribution in [0.4, 0.5) is 0 Å². The van der Waals surface area contributed by atoms with Crippen molar-refractivity contribution in [3.05, 3.63) is 59.2 Å². The second kappa shape index (κ2) is 6.57. The highest BCUT2D eigenvalue weighted by Crippen LogP contribution is 2.35. The van der Waals surface area contributed by atoms with Gasteiger partial charge in [0.2, 0.25) is 11.7 Å². The Hall–Kier alpha value is -3.26. The molecule has 0 saturated carbocycles. The van der Waals surface area contributed by atoms with Gasteiger partial charge in [-0.25, -0.2) is 0 Å². The zero-order chi connectivity index (χ0) is 18.1. The van der Waals surface area contributed by atoms with Crippen LogP contribution in [0.1, 0.15) is 33.5 Å². The third-order valence-corrected chi connectivity index (χ3v) is 4.13. The molecule has 0 saturated heterocycles. The summed E-state index contributed by atoms with van der Waals surface area (Å²) in [6, 6.07) is 8.50. The first kappa shape index (κ1) is 16.2. The summed E-state index contributed by atoms with van der Waals surface area (Å²) in [6.45, 7) is 1.86. The molecule has 0 bridgehead atoms. The first-order chi connectivity index (χ1) is 12.6. The Balaban J connectivity index is 1.53. The van der Waals surface area contributed by atoms with Gasteiger partial charge in [-0.2, -0.15) is 4.98 Å². The highest BCUT2D eigenvalue weighted by Gasteiger charge is 2.27. The van der Waals surface area contributed by atoms with Gasteiger partial charge in [0.05, 0.1) is 18.3 Å². The molecule has 0 fully saturated rings. The molecule has 8 heteroatoms. The van der Waals surface area contributed by atoms with Gasteiger partial charge in [0.15, 0.2) is 0 Å². The molecule has 8 nitrogen and oxygen atoms in total. The van der Waals surface area contributed by atoms with Crippen LogP contribution >= 0.6 is 0 Å². The minimum atomic E-state index is -0.260. The summed E-state index contributed by atoms with van der Waals surface area (Å²) >= 11 is 0. The number of carbonyl (C=O) groups is 1. The maximum atomic E-state index is 12.5. The fraction of sp³-hybridized carbons (Fsp3) is 0.222. The highest BCUT2D eigenvalue weighted by atomic mass is 16.5. The SMILES string of the molecule is Cc1nc(-c2ccc3c(c2)OC[C@H]3NC(=O)c2ccnc(CO)c2)no1. The van der Waals surface area contributed by atoms with Crippen molar-refractivity contribution in [2.45, 2.75) is 19.6 Å². The van der Waals surface area contributed by atoms with Gasteiger partial charge >= 0.3 is 0 Å². The number of pyridine rings is 1. The first-order valence-electron chi connectivity index (χ1n) is 8.08. The third-order valence-electron chi connectivity index (χ3n) is 4.13. The summed E-state index contributed by atoms with van der Waals surface area (Å²) in [5, 5.41) is 16.0. The number of aryl methyl sites for hydroxylation is 1. The van der Waals surface area contributed by atoms with Crippen LogP contribution in [0.2, 0.25) is 0 Å². The summed E-state index contributed by atoms with van der Waals surface area (Å²) < 4.78 is 10.7. The molecule has 132 valence electrons. The molecule has 1 aliphatic heterocycles. The second-order valence-electron chi connectivity index (χ2n) is 5.92. The van der Waals surface area contributed by atoms with E-state index in [1.165, 1.54) is 6.20 Å². The zero-order valence-electron chi connectivity index (χ0n) is 14.0. The van der Waals surface area contributed by atoms with Gasteiger partial charge in [-0.05, 0) is 18.2 Å². The van der Waals surface area contributed by atoms with E-state index in [1.807, 2.05) is 18.2 Å². The normalized spacial score (nSPS) is 15.4. The molecule has 0 aliphatic carbocycles. The molecule has 3 aromatic rings. The number of aliphatic hydroxyl groups excluding tert-OH is 1. The summed E-state index contributed by atoms with van der Waals surface area (Å²) in [4.78, 5) is 20.6. The van der Waals surface area contributed by atoms with Crippen molar-refractivity contribution < 1.29 is 19.2 Å². The lowest BCUT2D eigenvalue weighted by Gasteiger charge is -2.12. The van der Waals surface area contributed by atoms with E-state index in [0.717, 1.165) is 11.1 Å². The number of hydrogen-bond acceptors (Lipinski definition) is 7. The Bertz CT molecular complexity index is 969. The lowest BCUT2D eigenvalue weighted by molar-refractivity contribution is 0.0930. The molecule has 1 amide bonds. The van der Waals surface area contributed by atoms with Gasteiger partial charge in [-0.1, -0.05) is 17.3 Å². The van der Waals surface area contributed by atoms with Crippen LogP contribution in [-0.2, 0) is 6.61 Å². The summed E-state index contributed by atoms with van der Waals surface area (Å²) in [5.74, 6) is 1.42. The van der Waals surface area contributed by atoms with Crippen molar-refractivity contribution in [1.29, 1.82) is 0 Å². The molecule has 2 N–H and O–H groups in total. The minimum Gasteiger partial charge on any atom is -0.491 e. The number of nitrogens with zero attached hydrogens (tertiary/aromatic N) is 3. The first-order valence-corrected chi connectivity index (χ1v) is 8.08. The highest BCUT2D eigenvalue weighted by molar-refractivity contribution is 5.94. The number of fused-ring (bicyclic) bond motifs is 1. The predicted molar refractivity (Wildman–Crippen MR) is 90.3 cm³/mol. The third kappa shape index (κ3) is 3.02. The summed E-state index contributed by atoms with van der Waals surface area (Å²) in [6.07, 6.45) is 1.50. The molecule has 1 aliphatic rings. The number of ether oxygens (including phenoxy) is 1. The van der Waals surface area contributed by atoms with E-state index in [0.29, 0.717) is 35.3 Å². The average molecular weight is 352 g/mol. The minimum absolute atomic E-state index is 0.213. The van der Waals surface area contributed by atoms with Gasteiger partial charge in [0, 0.05) is 29.8 Å². The van der Waals surface area contributed by atoms with E-state index in [2.05, 4.69) is 20.4 Å². The molecule has 3 heterocycles. The molecule has 1 aromatic carbocycles. The monoisotopic (exact) mass is 352 g/mol. The fourth-order valence-electron chi connectivity index (χ4n) is 2.83. The average Bonchev–Trinajstić information content (AvgIpc) is 3.28. The molecule has 0 unspecified atom stereocenters. The van der Waals surface area contributed by atoms with Crippen LogP contribution in [0.3, 0.4) is 0 Å². The Morgan fingerprint density at radius 1 is 1.35 bits per heavy atom. The number of rotatable bonds is 4. The van der Waals surface area contributed by atoms with Crippen molar-refractivity contribution in [2.24, 2.45) is 0 Å². The standard InChI is InChI=1S/C18H16N4O4/c1-10-20-17(22-26-10)11-2-3-14-15(9-25-16(14)7-11)21-18(24)12-4-5-19-13(6-12)8-23/h2-7,15,23H,8-9H2,1H3,(H,21,24)/t15-/m1/s1. The Labute approximate surface area is 148 Å². The quantitative estimate of drug-likeness (QED) is 0.736. The fourth-order valence-corrected chi connectivity index (χ4v) is 2.83. The van der Waals surface area contributed by atoms with E-state index in [4.69, 9.17) is 14.4 Å². The van der Waals surface area contributed by atoms with E-state index >= 15 is 0 Å². The summed E-state index contributed by atoms with van der Waals surface area (Å²) in [5.41, 5.74) is 2.56. The molecule has 2 aromatic heterocycles. The van der Waals surface area contributed by atoms with Crippen molar-refractivity contribution in [1.82, 2.24) is 20.4 Å². The Morgan fingerprint density at radius 3 is 3.00 bits per heavy atom. The number of nitrogens with one attached hydrogen (secondary N) is 1. The molecule has 1 atom stereocenters. The van der Waals surface area contributed by atoms with E-state index in [9.17, 15) is 4.79 Å². The lowest BCUT2D eigenvalue weighted by atomic mass is 10.1. The van der Waals surface area contributed by atoms with E-state index < -0.39 is 0 Å². The summed E-state index contributed by atoms with van der Waals surface area (Å²) in [7, 11) is 0. The van der Waals surface area contributed by atoms with Gasteiger partial charge in [0.25, 0.3) is 5.91 Å². The van der Waals surface area contributed by atoms with Crippen LogP contribution in [0.25, 0.3) is 11.4 Å². The Kier molecular flexibility index (Phi) is 4.10. The van der Waals surface area contributed by atoms with Crippen LogP contribution in [0, 0.1) is 6.92 Å². The smallest absolute Gasteiger partial charge is 0.252 e. The predicted octanol–water partition coefficient (Wildman–Crippen LogP) is 1.80. The van der Waals surface area contributed by atoms with Gasteiger partial charge in [-0.15, -0.1) is 0 Å². The molecular formula is C18H16N4O4. The number of aromatic nitrogens is 3. The van der Waals surface area contributed by atoms with Crippen LogP contribution < -0.4 is 10.1 Å². The second-order valence-corrected chi connectivity index (χ2v) is 5.92. The van der Waals surface area contributed by atoms with Crippen molar-refractivity contribution >= 4 is 5.91 Å². The number of benzene rings is 1. The van der Waals surface area contributed by atoms with Crippen molar-refractivity contribution in [3.63, 3.8) is 0 Å². The van der Waals surface area contributed by atoms with E-state index in [-0.39, 0.29) is 18.6 Å². The van der Waals surface area contributed by atoms with Crippen LogP contribution in [0.5, 0.6) is 5.75 Å². The molecule has 0 radical (unpaired) electrons. The topological polar surface area (TPSA) is 110 Å². The maximum Gasteiger partial charge on any atom is 0.252 e. The van der Waals surface area contributed by atoms with Gasteiger partial charge in [-0.3, -0.25) is 9.78 Å². The number of hydrogen-bond donors (Lipinski definition) is 2. The van der Waals surface area contributed by atoms with Gasteiger partial charge in [0.1, 0.15) is 12.4 Å². The number of amides is 1.